The van der Waals surface area contributed by atoms with Crippen molar-refractivity contribution >= 4 is 30.5 Å². The Bertz CT molecular complexity index is 766. The minimum absolute atomic E-state index is 0.0141. The van der Waals surface area contributed by atoms with Gasteiger partial charge in [0.2, 0.25) is 11.8 Å². The van der Waals surface area contributed by atoms with Gasteiger partial charge in [0.25, 0.3) is 0 Å². The quantitative estimate of drug-likeness (QED) is 0.295. The molecule has 0 saturated carbocycles. The van der Waals surface area contributed by atoms with E-state index in [9.17, 15) is 19.5 Å². The number of hydrogen-bond acceptors (Lipinski definition) is 6. The van der Waals surface area contributed by atoms with Crippen molar-refractivity contribution in [2.45, 2.75) is 71.6 Å². The molecule has 3 N–H and O–H groups in total. The summed E-state index contributed by atoms with van der Waals surface area (Å²) in [4.78, 5) is 40.0. The largest absolute Gasteiger partial charge is 0.508 e. The number of phenols is 1. The predicted molar refractivity (Wildman–Crippen MR) is 128 cm³/mol. The van der Waals surface area contributed by atoms with Crippen molar-refractivity contribution in [3.05, 3.63) is 29.8 Å². The highest BCUT2D eigenvalue weighted by atomic mass is 32.1. The number of alkyl carbamates (subject to hydrolysis) is 1. The third-order valence-corrected chi connectivity index (χ3v) is 5.03. The lowest BCUT2D eigenvalue weighted by Crippen LogP contribution is -2.53. The molecular weight excluding hydrogens is 430 g/mol. The number of hydrogen-bond donors (Lipinski definition) is 4. The van der Waals surface area contributed by atoms with Gasteiger partial charge in [0.05, 0.1) is 0 Å². The van der Waals surface area contributed by atoms with Crippen LogP contribution in [0, 0.1) is 0 Å². The van der Waals surface area contributed by atoms with E-state index in [-0.39, 0.29) is 18.0 Å². The summed E-state index contributed by atoms with van der Waals surface area (Å²) in [5.74, 6) is -0.964. The monoisotopic (exact) mass is 467 g/mol. The second kappa shape index (κ2) is 13.2. The number of benzene rings is 1. The first-order chi connectivity index (χ1) is 15.1. The van der Waals surface area contributed by atoms with E-state index < -0.39 is 35.6 Å². The molecule has 0 spiro atoms. The SMILES string of the molecule is CCCCCNC(=O)C(c1ccccc1O)N(CC)C(=O)C(CS)NC(=O)OC(C)(C)C. The van der Waals surface area contributed by atoms with E-state index in [1.54, 1.807) is 45.9 Å². The third-order valence-electron chi connectivity index (χ3n) is 4.67. The lowest BCUT2D eigenvalue weighted by Gasteiger charge is -2.33. The summed E-state index contributed by atoms with van der Waals surface area (Å²) in [5.41, 5.74) is -0.416. The number of aromatic hydroxyl groups is 1. The zero-order valence-corrected chi connectivity index (χ0v) is 20.6. The van der Waals surface area contributed by atoms with Gasteiger partial charge in [-0.15, -0.1) is 0 Å². The topological polar surface area (TPSA) is 108 Å². The molecule has 0 aliphatic heterocycles. The van der Waals surface area contributed by atoms with Gasteiger partial charge >= 0.3 is 6.09 Å². The fourth-order valence-corrected chi connectivity index (χ4v) is 3.40. The second-order valence-corrected chi connectivity index (χ2v) is 8.83. The van der Waals surface area contributed by atoms with Crippen LogP contribution in [0.3, 0.4) is 0 Å². The van der Waals surface area contributed by atoms with Crippen LogP contribution in [0.1, 0.15) is 65.5 Å². The Morgan fingerprint density at radius 3 is 2.34 bits per heavy atom. The van der Waals surface area contributed by atoms with Crippen LogP contribution in [0.2, 0.25) is 0 Å². The van der Waals surface area contributed by atoms with Gasteiger partial charge in [-0.25, -0.2) is 4.79 Å². The highest BCUT2D eigenvalue weighted by molar-refractivity contribution is 7.80. The van der Waals surface area contributed by atoms with Crippen LogP contribution in [-0.4, -0.2) is 58.4 Å². The van der Waals surface area contributed by atoms with E-state index in [2.05, 4.69) is 30.2 Å². The van der Waals surface area contributed by atoms with Gasteiger partial charge in [0, 0.05) is 24.4 Å². The molecule has 9 heteroatoms. The number of phenolic OH excluding ortho intramolecular Hbond substituents is 1. The van der Waals surface area contributed by atoms with Crippen LogP contribution in [0.25, 0.3) is 0 Å². The average molecular weight is 468 g/mol. The van der Waals surface area contributed by atoms with Gasteiger partial charge < -0.3 is 25.4 Å². The molecule has 0 aliphatic rings. The number of para-hydroxylation sites is 1. The van der Waals surface area contributed by atoms with Crippen molar-refractivity contribution < 1.29 is 24.2 Å². The molecule has 180 valence electrons. The van der Waals surface area contributed by atoms with Crippen LogP contribution in [0.5, 0.6) is 5.75 Å². The lowest BCUT2D eigenvalue weighted by atomic mass is 10.0. The number of nitrogens with zero attached hydrogens (tertiary/aromatic N) is 1. The summed E-state index contributed by atoms with van der Waals surface area (Å²) >= 11 is 4.21. The summed E-state index contributed by atoms with van der Waals surface area (Å²) in [6, 6.07) is 4.36. The zero-order chi connectivity index (χ0) is 24.3. The van der Waals surface area contributed by atoms with Crippen LogP contribution in [0.15, 0.2) is 24.3 Å². The van der Waals surface area contributed by atoms with Crippen molar-refractivity contribution in [2.24, 2.45) is 0 Å². The van der Waals surface area contributed by atoms with Crippen LogP contribution in [0.4, 0.5) is 4.79 Å². The molecule has 0 fully saturated rings. The van der Waals surface area contributed by atoms with Crippen molar-refractivity contribution in [3.8, 4) is 5.75 Å². The second-order valence-electron chi connectivity index (χ2n) is 8.47. The Morgan fingerprint density at radius 1 is 1.16 bits per heavy atom. The summed E-state index contributed by atoms with van der Waals surface area (Å²) in [7, 11) is 0. The van der Waals surface area contributed by atoms with Gasteiger partial charge in [-0.1, -0.05) is 38.0 Å². The summed E-state index contributed by atoms with van der Waals surface area (Å²) < 4.78 is 5.25. The van der Waals surface area contributed by atoms with E-state index in [1.807, 2.05) is 0 Å². The molecule has 3 amide bonds. The number of unbranched alkanes of at least 4 members (excludes halogenated alkanes) is 2. The number of likely N-dealkylation sites (N-methyl/N-ethyl adjacent to an activating group) is 1. The van der Waals surface area contributed by atoms with E-state index in [4.69, 9.17) is 4.74 Å². The van der Waals surface area contributed by atoms with Gasteiger partial charge in [-0.3, -0.25) is 9.59 Å². The highest BCUT2D eigenvalue weighted by Gasteiger charge is 2.36. The highest BCUT2D eigenvalue weighted by Crippen LogP contribution is 2.29. The standard InChI is InChI=1S/C23H37N3O5S/c1-6-8-11-14-24-20(28)19(16-12-9-10-13-18(16)27)26(7-2)21(29)17(15-32)25-22(30)31-23(3,4)5/h9-10,12-13,17,19,27,32H,6-8,11,14-15H2,1-5H3,(H,24,28)(H,25,30). The minimum Gasteiger partial charge on any atom is -0.508 e. The van der Waals surface area contributed by atoms with Gasteiger partial charge in [0.15, 0.2) is 0 Å². The van der Waals surface area contributed by atoms with Gasteiger partial charge in [-0.2, -0.15) is 12.6 Å². The third kappa shape index (κ3) is 8.61. The van der Waals surface area contributed by atoms with E-state index in [1.165, 1.54) is 11.0 Å². The molecule has 0 saturated heterocycles. The predicted octanol–water partition coefficient (Wildman–Crippen LogP) is 3.41. The molecule has 0 heterocycles. The Kier molecular flexibility index (Phi) is 11.4. The normalized spacial score (nSPS) is 13.1. The first-order valence-electron chi connectivity index (χ1n) is 11.0. The Hall–Kier alpha value is -2.42. The van der Waals surface area contributed by atoms with Crippen molar-refractivity contribution in [1.29, 1.82) is 0 Å². The number of ether oxygens (including phenoxy) is 1. The molecule has 0 aromatic heterocycles. The molecule has 0 radical (unpaired) electrons. The molecule has 2 atom stereocenters. The van der Waals surface area contributed by atoms with Crippen molar-refractivity contribution in [1.82, 2.24) is 15.5 Å². The van der Waals surface area contributed by atoms with Crippen molar-refractivity contribution in [2.75, 3.05) is 18.8 Å². The fourth-order valence-electron chi connectivity index (χ4n) is 3.15. The number of thiol groups is 1. The summed E-state index contributed by atoms with van der Waals surface area (Å²) in [6.45, 7) is 9.62. The molecule has 1 aromatic rings. The number of amides is 3. The molecule has 2 unspecified atom stereocenters. The zero-order valence-electron chi connectivity index (χ0n) is 19.7. The first-order valence-corrected chi connectivity index (χ1v) is 11.6. The molecular formula is C23H37N3O5S. The smallest absolute Gasteiger partial charge is 0.408 e. The maximum atomic E-state index is 13.4. The Morgan fingerprint density at radius 2 is 1.81 bits per heavy atom. The Balaban J connectivity index is 3.17. The maximum absolute atomic E-state index is 13.4. The fraction of sp³-hybridized carbons (Fsp3) is 0.609. The number of carbonyl (C=O) groups is 3. The lowest BCUT2D eigenvalue weighted by molar-refractivity contribution is -0.141. The molecule has 0 bridgehead atoms. The van der Waals surface area contributed by atoms with E-state index >= 15 is 0 Å². The maximum Gasteiger partial charge on any atom is 0.408 e. The molecule has 1 aromatic carbocycles. The molecule has 1 rings (SSSR count). The van der Waals surface area contributed by atoms with Crippen molar-refractivity contribution in [3.63, 3.8) is 0 Å². The Labute approximate surface area is 196 Å². The first kappa shape index (κ1) is 27.6. The number of rotatable bonds is 11. The molecule has 32 heavy (non-hydrogen) atoms. The van der Waals surface area contributed by atoms with Gasteiger partial charge in [-0.05, 0) is 40.2 Å². The van der Waals surface area contributed by atoms with E-state index in [0.717, 1.165) is 19.3 Å². The van der Waals surface area contributed by atoms with Gasteiger partial charge in [0.1, 0.15) is 23.4 Å². The molecule has 0 aliphatic carbocycles. The molecule has 8 nitrogen and oxygen atoms in total. The average Bonchev–Trinajstić information content (AvgIpc) is 2.72. The van der Waals surface area contributed by atoms with E-state index in [0.29, 0.717) is 12.1 Å². The number of carbonyl (C=O) groups excluding carboxylic acids is 3. The summed E-state index contributed by atoms with van der Waals surface area (Å²) in [6.07, 6.45) is 2.05. The number of nitrogens with one attached hydrogen (secondary N) is 2. The van der Waals surface area contributed by atoms with Crippen LogP contribution < -0.4 is 10.6 Å². The van der Waals surface area contributed by atoms with Crippen LogP contribution in [-0.2, 0) is 14.3 Å². The minimum atomic E-state index is -1.06. The van der Waals surface area contributed by atoms with Crippen LogP contribution >= 0.6 is 12.6 Å². The summed E-state index contributed by atoms with van der Waals surface area (Å²) in [5, 5.41) is 15.8.